The fraction of sp³-hybridized carbons (Fsp3) is 0.538. The fourth-order valence-corrected chi connectivity index (χ4v) is 2.47. The van der Waals surface area contributed by atoms with Gasteiger partial charge in [-0.05, 0) is 37.5 Å². The van der Waals surface area contributed by atoms with Gasteiger partial charge in [-0.15, -0.1) is 0 Å². The van der Waals surface area contributed by atoms with Crippen molar-refractivity contribution in [2.24, 2.45) is 5.73 Å². The van der Waals surface area contributed by atoms with Gasteiger partial charge in [0.2, 0.25) is 0 Å². The van der Waals surface area contributed by atoms with Crippen molar-refractivity contribution in [3.8, 4) is 11.5 Å². The molecule has 1 aliphatic carbocycles. The second-order valence-electron chi connectivity index (χ2n) is 4.69. The predicted molar refractivity (Wildman–Crippen MR) is 63.7 cm³/mol. The lowest BCUT2D eigenvalue weighted by atomic mass is 9.88. The molecule has 0 heterocycles. The second kappa shape index (κ2) is 3.98. The average Bonchev–Trinajstić information content (AvgIpc) is 2.70. The molecule has 0 unspecified atom stereocenters. The van der Waals surface area contributed by atoms with Crippen LogP contribution in [-0.4, -0.2) is 12.2 Å². The first kappa shape index (κ1) is 11.3. The van der Waals surface area contributed by atoms with E-state index in [9.17, 15) is 5.11 Å². The van der Waals surface area contributed by atoms with E-state index in [1.165, 1.54) is 0 Å². The van der Waals surface area contributed by atoms with Crippen LogP contribution in [-0.2, 0) is 5.54 Å². The Balaban J connectivity index is 2.45. The molecule has 1 aromatic carbocycles. The number of ether oxygens (including phenoxy) is 1. The molecular weight excluding hydrogens is 202 g/mol. The van der Waals surface area contributed by atoms with Gasteiger partial charge in [0, 0.05) is 11.1 Å². The van der Waals surface area contributed by atoms with Crippen molar-refractivity contribution >= 4 is 0 Å². The molecule has 1 fully saturated rings. The van der Waals surface area contributed by atoms with Crippen LogP contribution in [0.15, 0.2) is 12.1 Å². The molecule has 0 aromatic heterocycles. The van der Waals surface area contributed by atoms with Crippen molar-refractivity contribution in [1.29, 1.82) is 0 Å². The summed E-state index contributed by atoms with van der Waals surface area (Å²) in [5, 5.41) is 9.85. The Bertz CT molecular complexity index is 395. The van der Waals surface area contributed by atoms with E-state index < -0.39 is 0 Å². The molecule has 2 rings (SSSR count). The van der Waals surface area contributed by atoms with Crippen LogP contribution in [0.5, 0.6) is 11.5 Å². The van der Waals surface area contributed by atoms with Crippen LogP contribution in [0.4, 0.5) is 0 Å². The molecule has 1 aliphatic rings. The van der Waals surface area contributed by atoms with Gasteiger partial charge in [-0.2, -0.15) is 0 Å². The second-order valence-corrected chi connectivity index (χ2v) is 4.69. The summed E-state index contributed by atoms with van der Waals surface area (Å²) < 4.78 is 5.26. The molecule has 0 saturated heterocycles. The molecule has 0 spiro atoms. The highest BCUT2D eigenvalue weighted by Gasteiger charge is 2.32. The lowest BCUT2D eigenvalue weighted by molar-refractivity contribution is 0.394. The van der Waals surface area contributed by atoms with Gasteiger partial charge in [0.15, 0.2) is 0 Å². The fourth-order valence-electron chi connectivity index (χ4n) is 2.47. The first-order valence-corrected chi connectivity index (χ1v) is 5.74. The third kappa shape index (κ3) is 1.76. The standard InChI is InChI=1S/C13H19NO2/c1-9-11(15)7-10(8-12(9)16-2)13(14)5-3-4-6-13/h7-8,15H,3-6,14H2,1-2H3. The van der Waals surface area contributed by atoms with Crippen LogP contribution >= 0.6 is 0 Å². The van der Waals surface area contributed by atoms with Gasteiger partial charge in [-0.25, -0.2) is 0 Å². The molecule has 3 nitrogen and oxygen atoms in total. The molecule has 0 amide bonds. The van der Waals surface area contributed by atoms with E-state index in [4.69, 9.17) is 10.5 Å². The summed E-state index contributed by atoms with van der Waals surface area (Å²) in [5.41, 5.74) is 7.84. The maximum absolute atomic E-state index is 9.85. The van der Waals surface area contributed by atoms with Gasteiger partial charge in [0.05, 0.1) is 7.11 Å². The Labute approximate surface area is 96.2 Å². The van der Waals surface area contributed by atoms with Crippen molar-refractivity contribution in [3.63, 3.8) is 0 Å². The summed E-state index contributed by atoms with van der Waals surface area (Å²) in [7, 11) is 1.61. The molecule has 1 saturated carbocycles. The van der Waals surface area contributed by atoms with E-state index in [2.05, 4.69) is 0 Å². The molecule has 0 radical (unpaired) electrons. The molecule has 3 heteroatoms. The maximum atomic E-state index is 9.85. The van der Waals surface area contributed by atoms with E-state index in [1.54, 1.807) is 13.2 Å². The Kier molecular flexibility index (Phi) is 2.80. The molecular formula is C13H19NO2. The van der Waals surface area contributed by atoms with Crippen LogP contribution in [0.2, 0.25) is 0 Å². The SMILES string of the molecule is COc1cc(C2(N)CCCC2)cc(O)c1C. The van der Waals surface area contributed by atoms with Gasteiger partial charge >= 0.3 is 0 Å². The lowest BCUT2D eigenvalue weighted by Crippen LogP contribution is -2.33. The van der Waals surface area contributed by atoms with Crippen LogP contribution in [0, 0.1) is 6.92 Å². The molecule has 88 valence electrons. The third-order valence-corrected chi connectivity index (χ3v) is 3.62. The van der Waals surface area contributed by atoms with E-state index in [0.717, 1.165) is 36.8 Å². The van der Waals surface area contributed by atoms with Crippen molar-refractivity contribution in [3.05, 3.63) is 23.3 Å². The normalized spacial score (nSPS) is 18.7. The minimum Gasteiger partial charge on any atom is -0.508 e. The summed E-state index contributed by atoms with van der Waals surface area (Å²) >= 11 is 0. The highest BCUT2D eigenvalue weighted by atomic mass is 16.5. The van der Waals surface area contributed by atoms with E-state index in [0.29, 0.717) is 5.75 Å². The van der Waals surface area contributed by atoms with Gasteiger partial charge in [0.25, 0.3) is 0 Å². The number of rotatable bonds is 2. The lowest BCUT2D eigenvalue weighted by Gasteiger charge is -2.25. The number of phenols is 1. The molecule has 0 bridgehead atoms. The first-order valence-electron chi connectivity index (χ1n) is 5.74. The van der Waals surface area contributed by atoms with Crippen LogP contribution in [0.25, 0.3) is 0 Å². The highest BCUT2D eigenvalue weighted by molar-refractivity contribution is 5.48. The zero-order valence-corrected chi connectivity index (χ0v) is 9.92. The van der Waals surface area contributed by atoms with E-state index >= 15 is 0 Å². The topological polar surface area (TPSA) is 55.5 Å². The summed E-state index contributed by atoms with van der Waals surface area (Å²) in [5.74, 6) is 0.984. The zero-order chi connectivity index (χ0) is 11.8. The summed E-state index contributed by atoms with van der Waals surface area (Å²) in [6.45, 7) is 1.84. The number of phenolic OH excluding ortho intramolecular Hbond substituents is 1. The largest absolute Gasteiger partial charge is 0.508 e. The molecule has 3 N–H and O–H groups in total. The Morgan fingerprint density at radius 3 is 2.50 bits per heavy atom. The zero-order valence-electron chi connectivity index (χ0n) is 9.92. The van der Waals surface area contributed by atoms with Gasteiger partial charge < -0.3 is 15.6 Å². The van der Waals surface area contributed by atoms with Crippen LogP contribution in [0.1, 0.15) is 36.8 Å². The van der Waals surface area contributed by atoms with Crippen molar-refractivity contribution in [2.75, 3.05) is 7.11 Å². The highest BCUT2D eigenvalue weighted by Crippen LogP contribution is 2.40. The summed E-state index contributed by atoms with van der Waals surface area (Å²) in [4.78, 5) is 0. The van der Waals surface area contributed by atoms with E-state index in [1.807, 2.05) is 13.0 Å². The number of methoxy groups -OCH3 is 1. The van der Waals surface area contributed by atoms with Gasteiger partial charge in [-0.3, -0.25) is 0 Å². The van der Waals surface area contributed by atoms with Gasteiger partial charge in [-0.1, -0.05) is 12.8 Å². The number of nitrogens with two attached hydrogens (primary N) is 1. The van der Waals surface area contributed by atoms with E-state index in [-0.39, 0.29) is 11.3 Å². The monoisotopic (exact) mass is 221 g/mol. The Morgan fingerprint density at radius 1 is 1.31 bits per heavy atom. The Hall–Kier alpha value is -1.22. The van der Waals surface area contributed by atoms with Gasteiger partial charge in [0.1, 0.15) is 11.5 Å². The molecule has 0 atom stereocenters. The number of hydrogen-bond donors (Lipinski definition) is 2. The minimum absolute atomic E-state index is 0.270. The van der Waals surface area contributed by atoms with Crippen molar-refractivity contribution in [2.45, 2.75) is 38.1 Å². The number of aromatic hydroxyl groups is 1. The number of hydrogen-bond acceptors (Lipinski definition) is 3. The number of benzene rings is 1. The first-order chi connectivity index (χ1) is 7.57. The Morgan fingerprint density at radius 2 is 1.94 bits per heavy atom. The summed E-state index contributed by atoms with van der Waals surface area (Å²) in [6.07, 6.45) is 4.29. The maximum Gasteiger partial charge on any atom is 0.125 e. The smallest absolute Gasteiger partial charge is 0.125 e. The van der Waals surface area contributed by atoms with Crippen LogP contribution in [0.3, 0.4) is 0 Å². The van der Waals surface area contributed by atoms with Crippen molar-refractivity contribution in [1.82, 2.24) is 0 Å². The quantitative estimate of drug-likeness (QED) is 0.806. The average molecular weight is 221 g/mol. The minimum atomic E-state index is -0.279. The molecule has 16 heavy (non-hydrogen) atoms. The molecule has 1 aromatic rings. The van der Waals surface area contributed by atoms with Crippen LogP contribution < -0.4 is 10.5 Å². The predicted octanol–water partition coefficient (Wildman–Crippen LogP) is 2.44. The summed E-state index contributed by atoms with van der Waals surface area (Å²) in [6, 6.07) is 3.74. The molecule has 0 aliphatic heterocycles. The van der Waals surface area contributed by atoms with Crippen molar-refractivity contribution < 1.29 is 9.84 Å². The third-order valence-electron chi connectivity index (χ3n) is 3.62.